The molecule has 0 radical (unpaired) electrons. The van der Waals surface area contributed by atoms with Crippen LogP contribution in [0.4, 0.5) is 0 Å². The van der Waals surface area contributed by atoms with E-state index >= 15 is 0 Å². The molecule has 1 atom stereocenters. The lowest BCUT2D eigenvalue weighted by Gasteiger charge is -2.31. The van der Waals surface area contributed by atoms with Crippen LogP contribution in [0.5, 0.6) is 0 Å². The number of nitrogens with zero attached hydrogens (tertiary/aromatic N) is 1. The first-order valence-corrected chi connectivity index (χ1v) is 6.18. The summed E-state index contributed by atoms with van der Waals surface area (Å²) < 4.78 is 0. The highest BCUT2D eigenvalue weighted by Gasteiger charge is 2.27. The molecule has 0 amide bonds. The maximum Gasteiger partial charge on any atom is 0.0499 e. The summed E-state index contributed by atoms with van der Waals surface area (Å²) in [5.74, 6) is 0. The van der Waals surface area contributed by atoms with Crippen molar-refractivity contribution in [1.82, 2.24) is 10.2 Å². The minimum atomic E-state index is 0.0984. The van der Waals surface area contributed by atoms with Gasteiger partial charge < -0.3 is 15.3 Å². The molecule has 0 spiro atoms. The molecule has 0 saturated carbocycles. The molecule has 0 aromatic carbocycles. The predicted molar refractivity (Wildman–Crippen MR) is 64.0 cm³/mol. The van der Waals surface area contributed by atoms with Crippen LogP contribution in [-0.2, 0) is 0 Å². The highest BCUT2D eigenvalue weighted by molar-refractivity contribution is 4.84. The molecule has 0 aromatic heterocycles. The van der Waals surface area contributed by atoms with Gasteiger partial charge in [-0.05, 0) is 32.9 Å². The van der Waals surface area contributed by atoms with Crippen molar-refractivity contribution in [3.05, 3.63) is 0 Å². The normalized spacial score (nSPS) is 23.6. The van der Waals surface area contributed by atoms with E-state index in [2.05, 4.69) is 31.1 Å². The van der Waals surface area contributed by atoms with E-state index in [1.54, 1.807) is 0 Å². The van der Waals surface area contributed by atoms with E-state index in [0.717, 1.165) is 25.9 Å². The lowest BCUT2D eigenvalue weighted by Crippen LogP contribution is -2.42. The SMILES string of the molecule is CCC(CC)(CO)CNC1CCN(C)C1. The first-order chi connectivity index (χ1) is 7.15. The number of aliphatic hydroxyl groups excluding tert-OH is 1. The van der Waals surface area contributed by atoms with Crippen LogP contribution in [0, 0.1) is 5.41 Å². The summed E-state index contributed by atoms with van der Waals surface area (Å²) in [5.41, 5.74) is 0.0984. The largest absolute Gasteiger partial charge is 0.396 e. The van der Waals surface area contributed by atoms with E-state index in [4.69, 9.17) is 0 Å². The molecule has 0 aromatic rings. The molecule has 0 aliphatic carbocycles. The number of nitrogens with one attached hydrogen (secondary N) is 1. The van der Waals surface area contributed by atoms with Gasteiger partial charge in [0.15, 0.2) is 0 Å². The molecule has 1 aliphatic rings. The Morgan fingerprint density at radius 2 is 2.07 bits per heavy atom. The Bertz CT molecular complexity index is 172. The first-order valence-electron chi connectivity index (χ1n) is 6.18. The molecule has 2 N–H and O–H groups in total. The Kier molecular flexibility index (Phi) is 5.03. The van der Waals surface area contributed by atoms with Gasteiger partial charge in [-0.25, -0.2) is 0 Å². The molecule has 15 heavy (non-hydrogen) atoms. The Labute approximate surface area is 93.9 Å². The van der Waals surface area contributed by atoms with Gasteiger partial charge in [0, 0.05) is 31.2 Å². The predicted octanol–water partition coefficient (Wildman–Crippen LogP) is 1.08. The van der Waals surface area contributed by atoms with Crippen molar-refractivity contribution in [2.45, 2.75) is 39.2 Å². The zero-order chi connectivity index (χ0) is 11.3. The Balaban J connectivity index is 2.33. The van der Waals surface area contributed by atoms with Crippen molar-refractivity contribution in [2.75, 3.05) is 33.3 Å². The molecule has 1 aliphatic heterocycles. The van der Waals surface area contributed by atoms with Crippen molar-refractivity contribution in [2.24, 2.45) is 5.41 Å². The molecular formula is C12H26N2O. The minimum absolute atomic E-state index is 0.0984. The molecule has 0 bridgehead atoms. The van der Waals surface area contributed by atoms with E-state index in [0.29, 0.717) is 12.6 Å². The molecule has 90 valence electrons. The zero-order valence-corrected chi connectivity index (χ0v) is 10.4. The Hall–Kier alpha value is -0.120. The molecule has 3 nitrogen and oxygen atoms in total. The maximum absolute atomic E-state index is 9.45. The summed E-state index contributed by atoms with van der Waals surface area (Å²) in [6.45, 7) is 7.94. The minimum Gasteiger partial charge on any atom is -0.396 e. The quantitative estimate of drug-likeness (QED) is 0.694. The Morgan fingerprint density at radius 3 is 2.47 bits per heavy atom. The zero-order valence-electron chi connectivity index (χ0n) is 10.4. The third-order valence-corrected chi connectivity index (χ3v) is 3.99. The van der Waals surface area contributed by atoms with Crippen molar-refractivity contribution >= 4 is 0 Å². The standard InChI is InChI=1S/C12H26N2O/c1-4-12(5-2,10-15)9-13-11-6-7-14(3)8-11/h11,13,15H,4-10H2,1-3H3. The van der Waals surface area contributed by atoms with E-state index in [1.807, 2.05) is 0 Å². The van der Waals surface area contributed by atoms with Gasteiger partial charge in [0.25, 0.3) is 0 Å². The van der Waals surface area contributed by atoms with Crippen LogP contribution in [0.1, 0.15) is 33.1 Å². The van der Waals surface area contributed by atoms with Crippen LogP contribution in [0.2, 0.25) is 0 Å². The molecule has 1 unspecified atom stereocenters. The van der Waals surface area contributed by atoms with Crippen molar-refractivity contribution in [1.29, 1.82) is 0 Å². The first kappa shape index (κ1) is 12.9. The van der Waals surface area contributed by atoms with E-state index in [-0.39, 0.29) is 5.41 Å². The molecule has 1 fully saturated rings. The molecular weight excluding hydrogens is 188 g/mol. The van der Waals surface area contributed by atoms with E-state index < -0.39 is 0 Å². The fourth-order valence-corrected chi connectivity index (χ4v) is 2.24. The average molecular weight is 214 g/mol. The lowest BCUT2D eigenvalue weighted by atomic mass is 9.83. The van der Waals surface area contributed by atoms with Crippen LogP contribution in [0.15, 0.2) is 0 Å². The summed E-state index contributed by atoms with van der Waals surface area (Å²) in [5, 5.41) is 13.1. The summed E-state index contributed by atoms with van der Waals surface area (Å²) in [6, 6.07) is 0.624. The number of aliphatic hydroxyl groups is 1. The highest BCUT2D eigenvalue weighted by atomic mass is 16.3. The monoisotopic (exact) mass is 214 g/mol. The second-order valence-corrected chi connectivity index (χ2v) is 4.99. The third-order valence-electron chi connectivity index (χ3n) is 3.99. The van der Waals surface area contributed by atoms with Gasteiger partial charge in [-0.3, -0.25) is 0 Å². The van der Waals surface area contributed by atoms with Gasteiger partial charge in [-0.15, -0.1) is 0 Å². The summed E-state index contributed by atoms with van der Waals surface area (Å²) in [7, 11) is 2.17. The van der Waals surface area contributed by atoms with Crippen LogP contribution in [-0.4, -0.2) is 49.3 Å². The second-order valence-electron chi connectivity index (χ2n) is 4.99. The third kappa shape index (κ3) is 3.44. The van der Waals surface area contributed by atoms with Crippen LogP contribution < -0.4 is 5.32 Å². The van der Waals surface area contributed by atoms with Gasteiger partial charge in [0.2, 0.25) is 0 Å². The topological polar surface area (TPSA) is 35.5 Å². The van der Waals surface area contributed by atoms with Gasteiger partial charge in [-0.1, -0.05) is 13.8 Å². The van der Waals surface area contributed by atoms with E-state index in [1.165, 1.54) is 13.0 Å². The Morgan fingerprint density at radius 1 is 1.40 bits per heavy atom. The fourth-order valence-electron chi connectivity index (χ4n) is 2.24. The number of likely N-dealkylation sites (tertiary alicyclic amines) is 1. The van der Waals surface area contributed by atoms with Crippen LogP contribution in [0.3, 0.4) is 0 Å². The molecule has 1 heterocycles. The molecule has 3 heteroatoms. The average Bonchev–Trinajstić information content (AvgIpc) is 2.67. The number of hydrogen-bond acceptors (Lipinski definition) is 3. The van der Waals surface area contributed by atoms with Gasteiger partial charge in [0.05, 0.1) is 0 Å². The summed E-state index contributed by atoms with van der Waals surface area (Å²) in [6.07, 6.45) is 3.34. The smallest absolute Gasteiger partial charge is 0.0499 e. The van der Waals surface area contributed by atoms with Crippen molar-refractivity contribution in [3.8, 4) is 0 Å². The molecule has 1 saturated heterocycles. The highest BCUT2D eigenvalue weighted by Crippen LogP contribution is 2.25. The second kappa shape index (κ2) is 5.83. The van der Waals surface area contributed by atoms with Crippen molar-refractivity contribution < 1.29 is 5.11 Å². The number of rotatable bonds is 6. The maximum atomic E-state index is 9.45. The van der Waals surface area contributed by atoms with Gasteiger partial charge in [-0.2, -0.15) is 0 Å². The molecule has 1 rings (SSSR count). The van der Waals surface area contributed by atoms with Gasteiger partial charge in [0.1, 0.15) is 0 Å². The number of hydrogen-bond donors (Lipinski definition) is 2. The van der Waals surface area contributed by atoms with Crippen LogP contribution >= 0.6 is 0 Å². The number of likely N-dealkylation sites (N-methyl/N-ethyl adjacent to an activating group) is 1. The summed E-state index contributed by atoms with van der Waals surface area (Å²) in [4.78, 5) is 2.36. The summed E-state index contributed by atoms with van der Waals surface area (Å²) >= 11 is 0. The fraction of sp³-hybridized carbons (Fsp3) is 1.00. The lowest BCUT2D eigenvalue weighted by molar-refractivity contribution is 0.110. The van der Waals surface area contributed by atoms with E-state index in [9.17, 15) is 5.11 Å². The van der Waals surface area contributed by atoms with Crippen molar-refractivity contribution in [3.63, 3.8) is 0 Å². The van der Waals surface area contributed by atoms with Gasteiger partial charge >= 0.3 is 0 Å². The van der Waals surface area contributed by atoms with Crippen LogP contribution in [0.25, 0.3) is 0 Å².